The fourth-order valence-electron chi connectivity index (χ4n) is 4.01. The number of rotatable bonds is 2. The van der Waals surface area contributed by atoms with Gasteiger partial charge < -0.3 is 20.0 Å². The number of benzene rings is 4. The van der Waals surface area contributed by atoms with Crippen molar-refractivity contribution >= 4 is 50.3 Å². The Labute approximate surface area is 244 Å². The average Bonchev–Trinajstić information content (AvgIpc) is 3.62. The Morgan fingerprint density at radius 2 is 1.10 bits per heavy atom. The Balaban J connectivity index is 0.000000153. The number of fused-ring (bicyclic) bond motifs is 2. The van der Waals surface area contributed by atoms with E-state index in [0.29, 0.717) is 11.6 Å². The minimum atomic E-state index is -4.45. The summed E-state index contributed by atoms with van der Waals surface area (Å²) in [5.41, 5.74) is 1.81. The van der Waals surface area contributed by atoms with E-state index in [9.17, 15) is 26.3 Å². The molecule has 4 N–H and O–H groups in total. The summed E-state index contributed by atoms with van der Waals surface area (Å²) in [4.78, 5) is 6.18. The molecule has 0 aliphatic heterocycles. The van der Waals surface area contributed by atoms with Crippen LogP contribution in [-0.2, 0) is 12.4 Å². The fraction of sp³-hybridized carbons (Fsp3) is 0.0667. The summed E-state index contributed by atoms with van der Waals surface area (Å²) < 4.78 is 75.4. The summed E-state index contributed by atoms with van der Waals surface area (Å²) in [6.45, 7) is 0. The number of halogens is 7. The molecule has 2 heterocycles. The first-order chi connectivity index (χ1) is 19.8. The second-order valence-electron chi connectivity index (χ2n) is 9.06. The number of aromatic amines is 2. The Morgan fingerprint density at radius 1 is 0.571 bits per heavy atom. The average molecular weight is 647 g/mol. The van der Waals surface area contributed by atoms with Crippen molar-refractivity contribution in [1.82, 2.24) is 9.97 Å². The lowest BCUT2D eigenvalue weighted by molar-refractivity contribution is -0.138. The molecule has 0 aliphatic carbocycles. The molecule has 0 bridgehead atoms. The van der Waals surface area contributed by atoms with Crippen molar-refractivity contribution < 1.29 is 36.4 Å². The highest BCUT2D eigenvalue weighted by Gasteiger charge is 2.31. The third kappa shape index (κ3) is 8.06. The number of hydrogen-bond donors (Lipinski definition) is 4. The van der Waals surface area contributed by atoms with Gasteiger partial charge in [-0.2, -0.15) is 26.3 Å². The van der Waals surface area contributed by atoms with Crippen LogP contribution in [0.3, 0.4) is 0 Å². The third-order valence-corrected chi connectivity index (χ3v) is 6.60. The van der Waals surface area contributed by atoms with E-state index < -0.39 is 30.6 Å². The summed E-state index contributed by atoms with van der Waals surface area (Å²) in [7, 11) is -1.87. The lowest BCUT2D eigenvalue weighted by Gasteiger charge is -2.09. The van der Waals surface area contributed by atoms with Gasteiger partial charge in [-0.15, -0.1) is 0 Å². The molecule has 4 nitrogen and oxygen atoms in total. The number of nitrogens with one attached hydrogen (secondary N) is 2. The molecule has 42 heavy (non-hydrogen) atoms. The van der Waals surface area contributed by atoms with Crippen molar-refractivity contribution in [2.24, 2.45) is 0 Å². The molecule has 2 aromatic heterocycles. The highest BCUT2D eigenvalue weighted by molar-refractivity contribution is 9.10. The molecule has 0 saturated heterocycles. The molecule has 6 aromatic rings. The summed E-state index contributed by atoms with van der Waals surface area (Å²) >= 11 is 3.40. The first-order valence-corrected chi connectivity index (χ1v) is 13.1. The van der Waals surface area contributed by atoms with E-state index in [1.54, 1.807) is 12.3 Å². The highest BCUT2D eigenvalue weighted by Crippen LogP contribution is 2.33. The van der Waals surface area contributed by atoms with E-state index in [0.717, 1.165) is 39.1 Å². The summed E-state index contributed by atoms with van der Waals surface area (Å²) in [5.74, 6) is 0. The second kappa shape index (κ2) is 12.9. The van der Waals surface area contributed by atoms with E-state index in [2.05, 4.69) is 44.1 Å². The molecule has 0 unspecified atom stereocenters. The van der Waals surface area contributed by atoms with Gasteiger partial charge in [-0.25, -0.2) is 0 Å². The summed E-state index contributed by atoms with van der Waals surface area (Å²) in [5, 5.41) is 19.4. The van der Waals surface area contributed by atoms with Crippen molar-refractivity contribution in [2.45, 2.75) is 12.4 Å². The van der Waals surface area contributed by atoms with Gasteiger partial charge in [-0.3, -0.25) is 0 Å². The Bertz CT molecular complexity index is 1780. The number of alkyl halides is 6. The molecule has 0 atom stereocenters. The van der Waals surface area contributed by atoms with Gasteiger partial charge in [0.25, 0.3) is 0 Å². The molecular formula is C30H22BBrF6N2O2. The van der Waals surface area contributed by atoms with E-state index in [-0.39, 0.29) is 5.46 Å². The van der Waals surface area contributed by atoms with Crippen molar-refractivity contribution in [3.05, 3.63) is 125 Å². The Hall–Kier alpha value is -4.00. The summed E-state index contributed by atoms with van der Waals surface area (Å²) in [6.07, 6.45) is -5.02. The van der Waals surface area contributed by atoms with E-state index in [1.165, 1.54) is 29.1 Å². The smallest absolute Gasteiger partial charge is 0.423 e. The minimum Gasteiger partial charge on any atom is -0.423 e. The van der Waals surface area contributed by atoms with Gasteiger partial charge >= 0.3 is 19.5 Å². The molecule has 0 aliphatic rings. The molecule has 0 saturated carbocycles. The second-order valence-corrected chi connectivity index (χ2v) is 9.98. The van der Waals surface area contributed by atoms with Crippen LogP contribution in [0.2, 0.25) is 0 Å². The molecule has 216 valence electrons. The van der Waals surface area contributed by atoms with Gasteiger partial charge in [0.05, 0.1) is 11.1 Å². The zero-order valence-corrected chi connectivity index (χ0v) is 23.1. The van der Waals surface area contributed by atoms with Crippen molar-refractivity contribution in [3.8, 4) is 11.1 Å². The van der Waals surface area contributed by atoms with Gasteiger partial charge in [0, 0.05) is 33.3 Å². The largest absolute Gasteiger partial charge is 0.488 e. The van der Waals surface area contributed by atoms with E-state index in [4.69, 9.17) is 10.0 Å². The van der Waals surface area contributed by atoms with Crippen LogP contribution in [0.5, 0.6) is 0 Å². The fourth-order valence-corrected chi connectivity index (χ4v) is 4.39. The van der Waals surface area contributed by atoms with Crippen LogP contribution in [0.25, 0.3) is 32.9 Å². The normalized spacial score (nSPS) is 11.5. The lowest BCUT2D eigenvalue weighted by atomic mass is 9.79. The third-order valence-electron chi connectivity index (χ3n) is 6.10. The van der Waals surface area contributed by atoms with E-state index >= 15 is 0 Å². The molecule has 4 aromatic carbocycles. The number of aromatic nitrogens is 2. The topological polar surface area (TPSA) is 72.0 Å². The number of hydrogen-bond acceptors (Lipinski definition) is 2. The Morgan fingerprint density at radius 3 is 1.69 bits per heavy atom. The zero-order chi connectivity index (χ0) is 30.5. The van der Waals surface area contributed by atoms with Crippen LogP contribution in [0.1, 0.15) is 11.1 Å². The van der Waals surface area contributed by atoms with Crippen molar-refractivity contribution in [3.63, 3.8) is 0 Å². The van der Waals surface area contributed by atoms with Crippen molar-refractivity contribution in [1.29, 1.82) is 0 Å². The maximum absolute atomic E-state index is 12.7. The molecule has 0 amide bonds. The van der Waals surface area contributed by atoms with Crippen LogP contribution < -0.4 is 5.46 Å². The monoisotopic (exact) mass is 646 g/mol. The quantitative estimate of drug-likeness (QED) is 0.113. The molecule has 12 heteroatoms. The predicted octanol–water partition coefficient (Wildman–Crippen LogP) is 8.17. The van der Waals surface area contributed by atoms with Gasteiger partial charge in [0.1, 0.15) is 0 Å². The van der Waals surface area contributed by atoms with Crippen molar-refractivity contribution in [2.75, 3.05) is 0 Å². The van der Waals surface area contributed by atoms with Crippen LogP contribution in [0.4, 0.5) is 26.3 Å². The molecule has 6 rings (SSSR count). The standard InChI is InChI=1S/C15H10F3N.C8H6BrN.C7H6BF3O2/c16-15(17,18)13-3-1-2-10(9-13)11-4-5-14-12(8-11)6-7-19-14;9-7-1-2-8-6(5-7)3-4-10-8;9-7(10,11)5-2-1-3-6(4-5)8(12)13/h1-9,19H;1-5,10H;1-4,12-13H. The van der Waals surface area contributed by atoms with Gasteiger partial charge in [-0.05, 0) is 76.6 Å². The molecule has 0 fully saturated rings. The molecular weight excluding hydrogens is 625 g/mol. The first kappa shape index (κ1) is 31.0. The maximum atomic E-state index is 12.7. The maximum Gasteiger partial charge on any atom is 0.488 e. The van der Waals surface area contributed by atoms with Gasteiger partial charge in [0.2, 0.25) is 0 Å². The van der Waals surface area contributed by atoms with Crippen LogP contribution in [-0.4, -0.2) is 27.1 Å². The van der Waals surface area contributed by atoms with Gasteiger partial charge in [-0.1, -0.05) is 58.4 Å². The van der Waals surface area contributed by atoms with E-state index in [1.807, 2.05) is 36.5 Å². The van der Waals surface area contributed by atoms with Crippen LogP contribution >= 0.6 is 15.9 Å². The van der Waals surface area contributed by atoms with Crippen LogP contribution in [0.15, 0.2) is 114 Å². The number of H-pyrrole nitrogens is 2. The highest BCUT2D eigenvalue weighted by atomic mass is 79.9. The minimum absolute atomic E-state index is 0.171. The predicted molar refractivity (Wildman–Crippen MR) is 156 cm³/mol. The van der Waals surface area contributed by atoms with Crippen LogP contribution in [0, 0.1) is 0 Å². The molecule has 0 spiro atoms. The molecule has 0 radical (unpaired) electrons. The zero-order valence-electron chi connectivity index (χ0n) is 21.5. The van der Waals surface area contributed by atoms with Gasteiger partial charge in [0.15, 0.2) is 0 Å². The SMILES string of the molecule is Brc1ccc2[nH]ccc2c1.FC(F)(F)c1cccc(-c2ccc3[nH]ccc3c2)c1.OB(O)c1cccc(C(F)(F)F)c1. The summed E-state index contributed by atoms with van der Waals surface area (Å²) in [6, 6.07) is 24.9. The Kier molecular flexibility index (Phi) is 9.50. The first-order valence-electron chi connectivity index (χ1n) is 12.3. The lowest BCUT2D eigenvalue weighted by Crippen LogP contribution is -2.30.